The van der Waals surface area contributed by atoms with Crippen molar-refractivity contribution in [1.82, 2.24) is 0 Å². The van der Waals surface area contributed by atoms with E-state index in [9.17, 15) is 33.7 Å². The summed E-state index contributed by atoms with van der Waals surface area (Å²) in [5.74, 6) is -1.34. The van der Waals surface area contributed by atoms with Crippen molar-refractivity contribution in [2.75, 3.05) is 26.4 Å². The van der Waals surface area contributed by atoms with Gasteiger partial charge in [-0.25, -0.2) is 0 Å². The van der Waals surface area contributed by atoms with E-state index >= 15 is 0 Å². The molecule has 3 unspecified atom stereocenters. The topological polar surface area (TPSA) is 175 Å². The van der Waals surface area contributed by atoms with Gasteiger partial charge >= 0.3 is 32.1 Å². The van der Waals surface area contributed by atoms with Crippen LogP contribution in [0.2, 0.25) is 0 Å². The monoisotopic (exact) mass is 1310 g/mol. The van der Waals surface area contributed by atoms with Crippen LogP contribution in [0.4, 0.5) is 0 Å². The molecule has 540 valence electrons. The third-order valence-electron chi connectivity index (χ3n) is 18.0. The number of hydrogen-bond acceptors (Lipinski definition) is 12. The number of unbranched alkanes of at least 4 members (excludes halogenated alkanes) is 56. The van der Waals surface area contributed by atoms with E-state index in [-0.39, 0.29) is 50.8 Å². The molecule has 1 N–H and O–H groups in total. The summed E-state index contributed by atoms with van der Waals surface area (Å²) in [7, 11) is -3.07. The van der Waals surface area contributed by atoms with Crippen LogP contribution in [0.15, 0.2) is 0 Å². The molecule has 0 radical (unpaired) electrons. The summed E-state index contributed by atoms with van der Waals surface area (Å²) in [6.07, 6.45) is 76.1. The Bertz CT molecular complexity index is 1510. The average molecular weight is 1310 g/mol. The lowest BCUT2D eigenvalue weighted by Gasteiger charge is -2.16. The Balaban J connectivity index is 0. The second kappa shape index (κ2) is 78.6. The largest absolute Gasteiger partial charge is 0.566 e. The minimum atomic E-state index is -3.07. The van der Waals surface area contributed by atoms with Gasteiger partial charge in [0.1, 0.15) is 19.8 Å². The maximum atomic E-state index is 12.3. The molecule has 0 aromatic rings. The summed E-state index contributed by atoms with van der Waals surface area (Å²) in [5.41, 5.74) is 0. The maximum Gasteiger partial charge on any atom is 0.488 e. The fourth-order valence-corrected chi connectivity index (χ4v) is 12.2. The molecule has 0 saturated carbocycles. The van der Waals surface area contributed by atoms with Crippen LogP contribution in [0.5, 0.6) is 0 Å². The summed E-state index contributed by atoms with van der Waals surface area (Å²) in [5, 5.41) is 9.54. The Labute approximate surface area is 564 Å². The Morgan fingerprint density at radius 3 is 0.648 bits per heavy atom. The van der Waals surface area contributed by atoms with E-state index in [2.05, 4.69) is 32.2 Å². The van der Waals surface area contributed by atoms with Crippen molar-refractivity contribution in [3.63, 3.8) is 0 Å². The van der Waals surface area contributed by atoms with Gasteiger partial charge in [-0.05, 0) is 30.2 Å². The van der Waals surface area contributed by atoms with E-state index in [0.29, 0.717) is 19.3 Å². The number of aliphatic hydroxyl groups excluding tert-OH is 1. The highest BCUT2D eigenvalue weighted by Crippen LogP contribution is 2.20. The first-order valence-electron chi connectivity index (χ1n) is 39.7. The molecule has 0 saturated heterocycles. The van der Waals surface area contributed by atoms with Crippen LogP contribution in [0, 0.1) is 0 Å². The van der Waals surface area contributed by atoms with Crippen molar-refractivity contribution >= 4 is 32.1 Å². The van der Waals surface area contributed by atoms with Crippen LogP contribution < -0.4 is 4.89 Å². The van der Waals surface area contributed by atoms with Crippen LogP contribution in [-0.2, 0) is 47.2 Å². The quantitative estimate of drug-likeness (QED) is 0.0264. The second-order valence-electron chi connectivity index (χ2n) is 27.1. The highest BCUT2D eigenvalue weighted by molar-refractivity contribution is 7.30. The number of aliphatic hydroxyl groups is 1. The van der Waals surface area contributed by atoms with Crippen molar-refractivity contribution in [2.24, 2.45) is 0 Å². The van der Waals surface area contributed by atoms with Crippen molar-refractivity contribution in [1.29, 1.82) is 0 Å². The third-order valence-corrected chi connectivity index (χ3v) is 18.3. The Hall–Kier alpha value is -2.14. The lowest BCUT2D eigenvalue weighted by molar-refractivity contribution is -0.190. The molecule has 0 amide bonds. The molecule has 0 aromatic heterocycles. The molecule has 0 heterocycles. The average Bonchev–Trinajstić information content (AvgIpc) is 3.75. The van der Waals surface area contributed by atoms with Crippen LogP contribution in [-0.4, -0.2) is 67.6 Å². The van der Waals surface area contributed by atoms with Gasteiger partial charge in [-0.15, -0.1) is 4.52 Å². The van der Waals surface area contributed by atoms with Gasteiger partial charge in [0.05, 0.1) is 6.61 Å². The molecular formula is C78H151O12P. The zero-order valence-electron chi connectivity index (χ0n) is 60.6. The molecule has 13 heteroatoms. The van der Waals surface area contributed by atoms with Gasteiger partial charge < -0.3 is 28.9 Å². The standard InChI is InChI=1S/C39H75O7P.C39H76O5/c1-3-5-7-9-11-13-15-17-19-21-23-25-27-29-31-33-38(40)44-35-37(36-45-47(42)43)46-39(41)34-32-30-28-26-24-22-20-18-16-14-12-10-8-6-4-2;1-3-5-7-9-11-13-15-17-19-21-23-25-27-29-31-33-38(41)43-36-37(35-40)44-39(42)34-32-30-28-26-24-22-20-18-16-14-12-10-8-6-4-2/h37H,3-36H2,1-2H3;37,40H,3-36H2,1-2H3. The van der Waals surface area contributed by atoms with E-state index in [1.165, 1.54) is 315 Å². The molecule has 91 heavy (non-hydrogen) atoms. The molecule has 12 nitrogen and oxygen atoms in total. The predicted molar refractivity (Wildman–Crippen MR) is 381 cm³/mol. The molecule has 0 rings (SSSR count). The first kappa shape index (κ1) is 90.9. The van der Waals surface area contributed by atoms with Crippen LogP contribution >= 0.6 is 8.25 Å². The van der Waals surface area contributed by atoms with Gasteiger partial charge in [-0.1, -0.05) is 387 Å². The van der Waals surface area contributed by atoms with E-state index in [0.717, 1.165) is 70.6 Å². The minimum absolute atomic E-state index is 0.0569. The van der Waals surface area contributed by atoms with E-state index < -0.39 is 26.4 Å². The zero-order valence-corrected chi connectivity index (χ0v) is 61.5. The molecule has 0 bridgehead atoms. The summed E-state index contributed by atoms with van der Waals surface area (Å²) in [6.45, 7) is 8.15. The predicted octanol–water partition coefficient (Wildman–Crippen LogP) is 24.0. The molecular weight excluding hydrogens is 1160 g/mol. The first-order valence-corrected chi connectivity index (χ1v) is 40.8. The zero-order chi connectivity index (χ0) is 66.7. The second-order valence-corrected chi connectivity index (χ2v) is 27.8. The van der Waals surface area contributed by atoms with E-state index in [4.69, 9.17) is 18.9 Å². The summed E-state index contributed by atoms with van der Waals surface area (Å²) in [6, 6.07) is 0. The Kier molecular flexibility index (Phi) is 78.5. The van der Waals surface area contributed by atoms with E-state index in [1.807, 2.05) is 0 Å². The van der Waals surface area contributed by atoms with Gasteiger partial charge in [0.15, 0.2) is 12.2 Å². The fourth-order valence-electron chi connectivity index (χ4n) is 12.0. The van der Waals surface area contributed by atoms with Crippen molar-refractivity contribution in [3.8, 4) is 0 Å². The molecule has 0 spiro atoms. The molecule has 3 atom stereocenters. The van der Waals surface area contributed by atoms with Crippen LogP contribution in [0.1, 0.15) is 439 Å². The van der Waals surface area contributed by atoms with Gasteiger partial charge in [0.25, 0.3) is 0 Å². The van der Waals surface area contributed by atoms with Crippen LogP contribution in [0.3, 0.4) is 0 Å². The summed E-state index contributed by atoms with van der Waals surface area (Å²) < 4.78 is 36.8. The number of hydrogen-bond donors (Lipinski definition) is 1. The number of rotatable bonds is 74. The smallest absolute Gasteiger partial charge is 0.488 e. The maximum absolute atomic E-state index is 12.3. The normalized spacial score (nSPS) is 12.1. The third kappa shape index (κ3) is 78.5. The number of carbonyl (C=O) groups excluding carboxylic acids is 4. The number of carbonyl (C=O) groups is 4. The minimum Gasteiger partial charge on any atom is -0.566 e. The van der Waals surface area contributed by atoms with Crippen molar-refractivity contribution in [3.05, 3.63) is 0 Å². The first-order chi connectivity index (χ1) is 44.6. The summed E-state index contributed by atoms with van der Waals surface area (Å²) in [4.78, 5) is 59.7. The number of esters is 4. The van der Waals surface area contributed by atoms with Gasteiger partial charge in [0, 0.05) is 25.7 Å². The van der Waals surface area contributed by atoms with E-state index in [1.54, 1.807) is 0 Å². The van der Waals surface area contributed by atoms with Gasteiger partial charge in [-0.2, -0.15) is 0 Å². The Morgan fingerprint density at radius 2 is 0.451 bits per heavy atom. The number of ether oxygens (including phenoxy) is 4. The highest BCUT2D eigenvalue weighted by atomic mass is 31.1. The lowest BCUT2D eigenvalue weighted by atomic mass is 10.0. The molecule has 0 aliphatic rings. The van der Waals surface area contributed by atoms with Gasteiger partial charge in [0.2, 0.25) is 0 Å². The molecule has 0 aliphatic heterocycles. The lowest BCUT2D eigenvalue weighted by Crippen LogP contribution is -2.29. The fraction of sp³-hybridized carbons (Fsp3) is 0.949. The molecule has 0 aliphatic carbocycles. The van der Waals surface area contributed by atoms with Crippen molar-refractivity contribution < 1.29 is 57.2 Å². The van der Waals surface area contributed by atoms with Gasteiger partial charge in [-0.3, -0.25) is 19.2 Å². The Morgan fingerprint density at radius 1 is 0.275 bits per heavy atom. The highest BCUT2D eigenvalue weighted by Gasteiger charge is 2.21. The van der Waals surface area contributed by atoms with Crippen molar-refractivity contribution in [2.45, 2.75) is 451 Å². The molecule has 0 aromatic carbocycles. The summed E-state index contributed by atoms with van der Waals surface area (Å²) >= 11 is 0. The van der Waals surface area contributed by atoms with Crippen LogP contribution in [0.25, 0.3) is 0 Å². The molecule has 0 fully saturated rings. The SMILES string of the molecule is CCCCCCCCCCCCCCCCCC(=O)OCC(CO)OC(=O)CCCCCCCCCCCCCCCCC.CCCCCCCCCCCCCCCCCC(=O)OCC(CO[P+](=O)[O-])OC(=O)CCCCCCCCCCCCCCCCC.